The zero-order chi connectivity index (χ0) is 19.8. The predicted molar refractivity (Wildman–Crippen MR) is 107 cm³/mol. The normalized spacial score (nSPS) is 14.7. The van der Waals surface area contributed by atoms with Crippen LogP contribution in [0.3, 0.4) is 0 Å². The maximum atomic E-state index is 13.0. The Morgan fingerprint density at radius 3 is 2.36 bits per heavy atom. The largest absolute Gasteiger partial charge is 0.459 e. The first-order valence-corrected chi connectivity index (χ1v) is 9.63. The second-order valence-electron chi connectivity index (χ2n) is 7.50. The summed E-state index contributed by atoms with van der Waals surface area (Å²) in [6.45, 7) is 8.34. The van der Waals surface area contributed by atoms with Gasteiger partial charge in [-0.05, 0) is 49.6 Å². The van der Waals surface area contributed by atoms with Gasteiger partial charge in [0.05, 0.1) is 12.7 Å². The molecule has 1 saturated heterocycles. The van der Waals surface area contributed by atoms with Crippen LogP contribution in [0.2, 0.25) is 0 Å². The Morgan fingerprint density at radius 2 is 1.68 bits per heavy atom. The molecule has 3 heterocycles. The molecule has 1 aromatic carbocycles. The first-order chi connectivity index (χ1) is 13.5. The number of furan rings is 1. The molecule has 1 aliphatic heterocycles. The standard InChI is InChI=1S/C22H25N3O3/c1-14-6-7-15(2)21-20(14)17(16(3)23-21)13-19(26)24-8-10-25(11-9-24)22(27)18-5-4-12-28-18/h4-7,12,23H,8-11,13H2,1-3H3. The Balaban J connectivity index is 1.46. The van der Waals surface area contributed by atoms with Crippen LogP contribution in [0.5, 0.6) is 0 Å². The van der Waals surface area contributed by atoms with Gasteiger partial charge in [-0.15, -0.1) is 0 Å². The molecular weight excluding hydrogens is 354 g/mol. The minimum absolute atomic E-state index is 0.106. The number of nitrogens with one attached hydrogen (secondary N) is 1. The average Bonchev–Trinajstić information content (AvgIpc) is 3.34. The summed E-state index contributed by atoms with van der Waals surface area (Å²) in [5.41, 5.74) is 5.62. The highest BCUT2D eigenvalue weighted by Gasteiger charge is 2.27. The van der Waals surface area contributed by atoms with Gasteiger partial charge in [0.2, 0.25) is 5.91 Å². The van der Waals surface area contributed by atoms with Gasteiger partial charge in [-0.25, -0.2) is 0 Å². The highest BCUT2D eigenvalue weighted by molar-refractivity contribution is 5.94. The highest BCUT2D eigenvalue weighted by atomic mass is 16.3. The van der Waals surface area contributed by atoms with Crippen LogP contribution < -0.4 is 0 Å². The number of hydrogen-bond donors (Lipinski definition) is 1. The number of aryl methyl sites for hydroxylation is 3. The first kappa shape index (κ1) is 18.3. The Morgan fingerprint density at radius 1 is 1.00 bits per heavy atom. The Kier molecular flexibility index (Phi) is 4.71. The molecule has 2 amide bonds. The molecular formula is C22H25N3O3. The SMILES string of the molecule is Cc1[nH]c2c(C)ccc(C)c2c1CC(=O)N1CCN(C(=O)c2ccco2)CC1. The summed E-state index contributed by atoms with van der Waals surface area (Å²) in [6, 6.07) is 7.59. The zero-order valence-electron chi connectivity index (χ0n) is 16.5. The van der Waals surface area contributed by atoms with Crippen LogP contribution in [0.25, 0.3) is 10.9 Å². The summed E-state index contributed by atoms with van der Waals surface area (Å²) in [6.07, 6.45) is 1.88. The summed E-state index contributed by atoms with van der Waals surface area (Å²) in [4.78, 5) is 32.4. The van der Waals surface area contributed by atoms with Crippen molar-refractivity contribution in [2.75, 3.05) is 26.2 Å². The number of aromatic nitrogens is 1. The molecule has 0 atom stereocenters. The quantitative estimate of drug-likeness (QED) is 0.760. The maximum Gasteiger partial charge on any atom is 0.289 e. The van der Waals surface area contributed by atoms with Crippen LogP contribution in [0.1, 0.15) is 32.9 Å². The lowest BCUT2D eigenvalue weighted by atomic mass is 10.0. The van der Waals surface area contributed by atoms with Crippen molar-refractivity contribution >= 4 is 22.7 Å². The van der Waals surface area contributed by atoms with Crippen molar-refractivity contribution in [2.24, 2.45) is 0 Å². The fourth-order valence-electron chi connectivity index (χ4n) is 4.01. The molecule has 146 valence electrons. The Labute approximate surface area is 164 Å². The van der Waals surface area contributed by atoms with Gasteiger partial charge < -0.3 is 19.2 Å². The van der Waals surface area contributed by atoms with Gasteiger partial charge in [-0.1, -0.05) is 12.1 Å². The van der Waals surface area contributed by atoms with E-state index in [0.29, 0.717) is 38.4 Å². The molecule has 3 aromatic rings. The molecule has 2 aromatic heterocycles. The first-order valence-electron chi connectivity index (χ1n) is 9.63. The molecule has 0 radical (unpaired) electrons. The van der Waals surface area contributed by atoms with Gasteiger partial charge in [-0.3, -0.25) is 9.59 Å². The molecule has 0 spiro atoms. The number of hydrogen-bond acceptors (Lipinski definition) is 3. The molecule has 6 heteroatoms. The van der Waals surface area contributed by atoms with E-state index < -0.39 is 0 Å². The third-order valence-electron chi connectivity index (χ3n) is 5.67. The fourth-order valence-corrected chi connectivity index (χ4v) is 4.01. The number of fused-ring (bicyclic) bond motifs is 1. The lowest BCUT2D eigenvalue weighted by molar-refractivity contribution is -0.131. The number of aromatic amines is 1. The van der Waals surface area contributed by atoms with Crippen LogP contribution in [0.15, 0.2) is 34.9 Å². The maximum absolute atomic E-state index is 13.0. The zero-order valence-corrected chi connectivity index (χ0v) is 16.5. The number of benzene rings is 1. The fraction of sp³-hybridized carbons (Fsp3) is 0.364. The van der Waals surface area contributed by atoms with Gasteiger partial charge in [0.1, 0.15) is 0 Å². The Hall–Kier alpha value is -3.02. The smallest absolute Gasteiger partial charge is 0.289 e. The number of carbonyl (C=O) groups excluding carboxylic acids is 2. The monoisotopic (exact) mass is 379 g/mol. The minimum atomic E-state index is -0.115. The summed E-state index contributed by atoms with van der Waals surface area (Å²) in [7, 11) is 0. The van der Waals surface area contributed by atoms with Crippen molar-refractivity contribution in [1.82, 2.24) is 14.8 Å². The topological polar surface area (TPSA) is 69.6 Å². The number of amides is 2. The summed E-state index contributed by atoms with van der Waals surface area (Å²) in [5.74, 6) is 0.339. The van der Waals surface area contributed by atoms with E-state index in [1.807, 2.05) is 11.8 Å². The van der Waals surface area contributed by atoms with Crippen molar-refractivity contribution < 1.29 is 14.0 Å². The van der Waals surface area contributed by atoms with Gasteiger partial charge in [0.25, 0.3) is 5.91 Å². The Bertz CT molecular complexity index is 1030. The highest BCUT2D eigenvalue weighted by Crippen LogP contribution is 2.28. The molecule has 1 fully saturated rings. The van der Waals surface area contributed by atoms with Crippen molar-refractivity contribution in [3.63, 3.8) is 0 Å². The van der Waals surface area contributed by atoms with Gasteiger partial charge >= 0.3 is 0 Å². The molecule has 6 nitrogen and oxygen atoms in total. The molecule has 0 aliphatic carbocycles. The minimum Gasteiger partial charge on any atom is -0.459 e. The molecule has 0 saturated carbocycles. The number of piperazine rings is 1. The summed E-state index contributed by atoms with van der Waals surface area (Å²) >= 11 is 0. The second kappa shape index (κ2) is 7.19. The van der Waals surface area contributed by atoms with E-state index in [2.05, 4.69) is 31.0 Å². The van der Waals surface area contributed by atoms with Gasteiger partial charge in [0, 0.05) is 42.8 Å². The van der Waals surface area contributed by atoms with E-state index in [1.165, 1.54) is 17.4 Å². The third-order valence-corrected chi connectivity index (χ3v) is 5.67. The molecule has 1 N–H and O–H groups in total. The van der Waals surface area contributed by atoms with E-state index in [0.717, 1.165) is 22.2 Å². The number of carbonyl (C=O) groups is 2. The molecule has 28 heavy (non-hydrogen) atoms. The summed E-state index contributed by atoms with van der Waals surface area (Å²) in [5, 5.41) is 1.16. The van der Waals surface area contributed by atoms with Crippen LogP contribution in [0.4, 0.5) is 0 Å². The second-order valence-corrected chi connectivity index (χ2v) is 7.50. The van der Waals surface area contributed by atoms with E-state index in [1.54, 1.807) is 17.0 Å². The number of nitrogens with zero attached hydrogens (tertiary/aromatic N) is 2. The van der Waals surface area contributed by atoms with Crippen LogP contribution in [-0.4, -0.2) is 52.8 Å². The number of rotatable bonds is 3. The number of H-pyrrole nitrogens is 1. The van der Waals surface area contributed by atoms with Crippen LogP contribution in [0, 0.1) is 20.8 Å². The lowest BCUT2D eigenvalue weighted by Crippen LogP contribution is -2.51. The molecule has 4 rings (SSSR count). The van der Waals surface area contributed by atoms with Crippen molar-refractivity contribution in [1.29, 1.82) is 0 Å². The average molecular weight is 379 g/mol. The third kappa shape index (κ3) is 3.19. The van der Waals surface area contributed by atoms with Gasteiger partial charge in [0.15, 0.2) is 5.76 Å². The van der Waals surface area contributed by atoms with Crippen LogP contribution >= 0.6 is 0 Å². The van der Waals surface area contributed by atoms with Crippen molar-refractivity contribution in [2.45, 2.75) is 27.2 Å². The van der Waals surface area contributed by atoms with Crippen molar-refractivity contribution in [3.05, 3.63) is 58.7 Å². The van der Waals surface area contributed by atoms with Crippen LogP contribution in [-0.2, 0) is 11.2 Å². The van der Waals surface area contributed by atoms with Gasteiger partial charge in [-0.2, -0.15) is 0 Å². The van der Waals surface area contributed by atoms with E-state index in [-0.39, 0.29) is 11.8 Å². The van der Waals surface area contributed by atoms with E-state index in [9.17, 15) is 9.59 Å². The lowest BCUT2D eigenvalue weighted by Gasteiger charge is -2.34. The molecule has 0 bridgehead atoms. The molecule has 1 aliphatic rings. The molecule has 0 unspecified atom stereocenters. The van der Waals surface area contributed by atoms with E-state index in [4.69, 9.17) is 4.42 Å². The summed E-state index contributed by atoms with van der Waals surface area (Å²) < 4.78 is 5.19. The van der Waals surface area contributed by atoms with E-state index >= 15 is 0 Å². The predicted octanol–water partition coefficient (Wildman–Crippen LogP) is 3.21. The van der Waals surface area contributed by atoms with Crippen molar-refractivity contribution in [3.8, 4) is 0 Å².